The van der Waals surface area contributed by atoms with Gasteiger partial charge in [0.15, 0.2) is 0 Å². The van der Waals surface area contributed by atoms with E-state index in [2.05, 4.69) is 0 Å². The number of furan rings is 1. The van der Waals surface area contributed by atoms with E-state index in [-0.39, 0.29) is 27.6 Å². The van der Waals surface area contributed by atoms with E-state index in [0.29, 0.717) is 0 Å². The lowest BCUT2D eigenvalue weighted by molar-refractivity contribution is 0.660. The molecule has 216 valence electrons. The monoisotopic (exact) mass is 610 g/mol. The minimum Gasteiger partial charge on any atom is -0.455 e. The van der Waals surface area contributed by atoms with Crippen molar-refractivity contribution in [3.8, 4) is 33.4 Å². The summed E-state index contributed by atoms with van der Waals surface area (Å²) in [4.78, 5) is 0. The molecule has 1 nitrogen and oxygen atoms in total. The fourth-order valence-electron chi connectivity index (χ4n) is 6.44. The molecule has 0 bridgehead atoms. The molecule has 0 spiro atoms. The highest BCUT2D eigenvalue weighted by Crippen LogP contribution is 2.51. The van der Waals surface area contributed by atoms with Crippen LogP contribution in [-0.2, 0) is 5.41 Å². The number of hydrogen-bond donors (Lipinski definition) is 0. The Bertz CT molecular complexity index is 4000. The molecule has 0 saturated carbocycles. The topological polar surface area (TPSA) is 13.1 Å². The van der Waals surface area contributed by atoms with Crippen LogP contribution >= 0.6 is 0 Å². The third-order valence-corrected chi connectivity index (χ3v) is 8.56. The van der Waals surface area contributed by atoms with E-state index >= 15 is 0 Å². The van der Waals surface area contributed by atoms with Crippen LogP contribution < -0.4 is 0 Å². The molecular formula is C45H30O. The van der Waals surface area contributed by atoms with Gasteiger partial charge in [-0.25, -0.2) is 0 Å². The predicted molar refractivity (Wildman–Crippen MR) is 195 cm³/mol. The summed E-state index contributed by atoms with van der Waals surface area (Å²) in [5, 5.41) is -4.17. The van der Waals surface area contributed by atoms with Gasteiger partial charge in [0, 0.05) is 21.6 Å². The Labute approximate surface area is 301 Å². The smallest absolute Gasteiger partial charge is 0.143 e. The van der Waals surface area contributed by atoms with Crippen molar-refractivity contribution in [3.63, 3.8) is 0 Å². The van der Waals surface area contributed by atoms with Crippen LogP contribution in [0.5, 0.6) is 0 Å². The van der Waals surface area contributed by atoms with Gasteiger partial charge in [-0.05, 0) is 95.6 Å². The van der Waals surface area contributed by atoms with Crippen molar-refractivity contribution in [2.24, 2.45) is 0 Å². The molecule has 1 aliphatic rings. The summed E-state index contributed by atoms with van der Waals surface area (Å²) in [5.41, 5.74) is -5.42. The first-order chi connectivity index (χ1) is 32.6. The van der Waals surface area contributed by atoms with E-state index in [1.165, 1.54) is 0 Å². The van der Waals surface area contributed by atoms with Crippen molar-refractivity contribution in [2.45, 2.75) is 19.3 Å². The zero-order valence-corrected chi connectivity index (χ0v) is 23.9. The first-order valence-electron chi connectivity index (χ1n) is 26.2. The lowest BCUT2D eigenvalue weighted by atomic mass is 9.81. The van der Waals surface area contributed by atoms with Gasteiger partial charge in [-0.3, -0.25) is 0 Å². The summed E-state index contributed by atoms with van der Waals surface area (Å²) in [5.74, 6) is 0. The van der Waals surface area contributed by atoms with Crippen molar-refractivity contribution in [1.29, 1.82) is 0 Å². The standard InChI is InChI=1S/C45H30O/c1-45(2)39-18-10-9-13-31(39)37-25-28(20-23-40(37)45)42-32-14-5-7-16-34(32)43(35-17-8-6-15-33(35)42)29-21-24-41-38(26-29)36-22-19-27-11-3-4-12-30(27)44(36)46-41/h3-26H,1-2H3/i3D,4D,5D,6D,7D,8D,9D,10D,11D,12D,13D,14D,15D,16D,17D,18D,19D,20D,21D,22D,23D,24D,25D,26D. The average molecular weight is 611 g/mol. The predicted octanol–water partition coefficient (Wildman–Crippen LogP) is 12.7. The minimum atomic E-state index is -1.42. The summed E-state index contributed by atoms with van der Waals surface area (Å²) in [6, 6.07) is -18.5. The van der Waals surface area contributed by atoms with Crippen LogP contribution in [0.1, 0.15) is 57.9 Å². The lowest BCUT2D eigenvalue weighted by Crippen LogP contribution is -2.14. The number of benzene rings is 8. The van der Waals surface area contributed by atoms with Crippen molar-refractivity contribution < 1.29 is 37.3 Å². The van der Waals surface area contributed by atoms with Crippen LogP contribution in [0.3, 0.4) is 0 Å². The van der Waals surface area contributed by atoms with E-state index < -0.39 is 222 Å². The van der Waals surface area contributed by atoms with Crippen molar-refractivity contribution in [3.05, 3.63) is 156 Å². The molecule has 46 heavy (non-hydrogen) atoms. The molecule has 9 aromatic rings. The highest BCUT2D eigenvalue weighted by molar-refractivity contribution is 6.23. The second-order valence-electron chi connectivity index (χ2n) is 11.4. The molecule has 0 unspecified atom stereocenters. The fraction of sp³-hybridized carbons (Fsp3) is 0.0667. The number of fused-ring (bicyclic) bond motifs is 10. The molecule has 1 heterocycles. The summed E-state index contributed by atoms with van der Waals surface area (Å²) >= 11 is 0. The van der Waals surface area contributed by atoms with Crippen molar-refractivity contribution in [2.75, 3.05) is 0 Å². The molecule has 10 rings (SSSR count). The van der Waals surface area contributed by atoms with E-state index in [1.807, 2.05) is 0 Å². The Kier molecular flexibility index (Phi) is 2.32. The quantitative estimate of drug-likeness (QED) is 0.177. The molecule has 0 atom stereocenters. The molecule has 0 amide bonds. The SMILES string of the molecule is [2H]c1c([2H])c([2H])c2c(c1[2H])-c1c([2H])c(-c3c4c([2H])c([2H])c([2H])c([2H])c4c(-c4c([2H])c([2H])c5oc6c7c([2H])c([2H])c([2H])c([2H])c7c([2H])c([2H])c6c5c4[2H])c4c([2H])c([2H])c([2H])c([2H])c34)c([2H])c([2H])c1C2(C)C. The third kappa shape index (κ3) is 3.40. The van der Waals surface area contributed by atoms with Gasteiger partial charge in [0.2, 0.25) is 0 Å². The molecule has 0 aliphatic heterocycles. The first-order valence-corrected chi connectivity index (χ1v) is 14.2. The summed E-state index contributed by atoms with van der Waals surface area (Å²) < 4.78 is 224. The third-order valence-electron chi connectivity index (χ3n) is 8.56. The van der Waals surface area contributed by atoms with Gasteiger partial charge in [0.1, 0.15) is 11.2 Å². The van der Waals surface area contributed by atoms with Crippen LogP contribution in [0, 0.1) is 0 Å². The van der Waals surface area contributed by atoms with Gasteiger partial charge < -0.3 is 4.42 Å². The zero-order chi connectivity index (χ0) is 51.5. The second-order valence-corrected chi connectivity index (χ2v) is 11.4. The Balaban J connectivity index is 1.49. The van der Waals surface area contributed by atoms with Gasteiger partial charge in [-0.1, -0.05) is 135 Å². The van der Waals surface area contributed by atoms with Gasteiger partial charge in [0.25, 0.3) is 0 Å². The van der Waals surface area contributed by atoms with Crippen LogP contribution in [0.15, 0.2) is 149 Å². The van der Waals surface area contributed by atoms with Crippen LogP contribution in [0.25, 0.3) is 87.6 Å². The van der Waals surface area contributed by atoms with E-state index in [1.54, 1.807) is 13.8 Å². The Morgan fingerprint density at radius 1 is 0.457 bits per heavy atom. The van der Waals surface area contributed by atoms with Crippen molar-refractivity contribution >= 4 is 54.3 Å². The highest BCUT2D eigenvalue weighted by Gasteiger charge is 2.35. The Morgan fingerprint density at radius 3 is 1.74 bits per heavy atom. The van der Waals surface area contributed by atoms with Crippen molar-refractivity contribution in [1.82, 2.24) is 0 Å². The summed E-state index contributed by atoms with van der Waals surface area (Å²) in [6.45, 7) is 3.10. The number of rotatable bonds is 2. The first kappa shape index (κ1) is 11.6. The summed E-state index contributed by atoms with van der Waals surface area (Å²) in [7, 11) is 0. The maximum atomic E-state index is 9.89. The molecule has 8 aromatic carbocycles. The normalized spacial score (nSPS) is 20.9. The molecule has 1 aromatic heterocycles. The maximum absolute atomic E-state index is 9.89. The van der Waals surface area contributed by atoms with E-state index in [0.717, 1.165) is 0 Å². The average Bonchev–Trinajstić information content (AvgIpc) is 3.84. The number of hydrogen-bond acceptors (Lipinski definition) is 1. The van der Waals surface area contributed by atoms with Gasteiger partial charge in [-0.15, -0.1) is 0 Å². The van der Waals surface area contributed by atoms with Gasteiger partial charge in [0.05, 0.1) is 32.9 Å². The zero-order valence-electron chi connectivity index (χ0n) is 47.9. The Morgan fingerprint density at radius 2 is 1.02 bits per heavy atom. The molecule has 1 heteroatoms. The lowest BCUT2D eigenvalue weighted by Gasteiger charge is -2.22. The molecular weight excluding hydrogens is 556 g/mol. The molecule has 1 aliphatic carbocycles. The molecule has 0 fully saturated rings. The Hall–Kier alpha value is -5.66. The molecule has 0 radical (unpaired) electrons. The molecule has 0 saturated heterocycles. The van der Waals surface area contributed by atoms with Crippen LogP contribution in [-0.4, -0.2) is 0 Å². The molecule has 0 N–H and O–H groups in total. The van der Waals surface area contributed by atoms with E-state index in [9.17, 15) is 13.7 Å². The highest BCUT2D eigenvalue weighted by atomic mass is 16.3. The minimum absolute atomic E-state index is 0.00184. The fourth-order valence-corrected chi connectivity index (χ4v) is 6.44. The second kappa shape index (κ2) is 9.19. The maximum Gasteiger partial charge on any atom is 0.143 e. The van der Waals surface area contributed by atoms with Crippen LogP contribution in [0.2, 0.25) is 0 Å². The summed E-state index contributed by atoms with van der Waals surface area (Å²) in [6.07, 6.45) is 0. The van der Waals surface area contributed by atoms with Gasteiger partial charge in [-0.2, -0.15) is 0 Å². The van der Waals surface area contributed by atoms with E-state index in [4.69, 9.17) is 23.6 Å². The van der Waals surface area contributed by atoms with Crippen LogP contribution in [0.4, 0.5) is 0 Å². The van der Waals surface area contributed by atoms with Gasteiger partial charge >= 0.3 is 0 Å². The largest absolute Gasteiger partial charge is 0.455 e.